The van der Waals surface area contributed by atoms with Crippen LogP contribution in [0.3, 0.4) is 0 Å². The van der Waals surface area contributed by atoms with Crippen LogP contribution in [0.1, 0.15) is 408 Å². The lowest BCUT2D eigenvalue weighted by atomic mass is 10.00. The first-order valence-corrected chi connectivity index (χ1v) is 43.5. The van der Waals surface area contributed by atoms with Crippen LogP contribution in [0.5, 0.6) is 0 Å². The molecule has 0 aromatic rings. The van der Waals surface area contributed by atoms with Crippen molar-refractivity contribution in [3.63, 3.8) is 0 Å². The number of ether oxygens (including phenoxy) is 4. The summed E-state index contributed by atoms with van der Waals surface area (Å²) in [5.74, 6) is -0.593. The molecule has 0 aromatic heterocycles. The lowest BCUT2D eigenvalue weighted by molar-refractivity contribution is -0.161. The smallest absolute Gasteiger partial charge is 0.462 e. The second-order valence-corrected chi connectivity index (χ2v) is 31.7. The number of rotatable bonds is 77. The second kappa shape index (κ2) is 69.8. The summed E-state index contributed by atoms with van der Waals surface area (Å²) >= 11 is 0. The average Bonchev–Trinajstić information content (AvgIpc) is 1.26. The Morgan fingerprint density at radius 2 is 0.526 bits per heavy atom. The summed E-state index contributed by atoms with van der Waals surface area (Å²) in [7, 11) is -9.91. The Morgan fingerprint density at radius 3 is 0.784 bits per heavy atom. The van der Waals surface area contributed by atoms with E-state index in [9.17, 15) is 43.2 Å². The molecule has 0 amide bonds. The second-order valence-electron chi connectivity index (χ2n) is 28.8. The lowest BCUT2D eigenvalue weighted by Gasteiger charge is -2.21. The van der Waals surface area contributed by atoms with Gasteiger partial charge in [-0.3, -0.25) is 37.3 Å². The summed E-state index contributed by atoms with van der Waals surface area (Å²) in [4.78, 5) is 72.7. The monoisotopic (exact) mass is 1420 g/mol. The van der Waals surface area contributed by atoms with E-state index in [0.29, 0.717) is 25.7 Å². The summed E-state index contributed by atoms with van der Waals surface area (Å²) in [5.41, 5.74) is 0. The van der Waals surface area contributed by atoms with Gasteiger partial charge in [-0.25, -0.2) is 9.13 Å². The molecule has 0 aromatic carbocycles. The standard InChI is InChI=1S/C78H152O17P2/c1-7-10-12-14-16-18-19-20-21-22-23-24-25-26-29-33-36-39-43-50-56-62-77(82)94-73(66-89-76(81)61-55-49-42-38-35-32-30-27-28-31-34-37-40-46-52-58-70(4)5)68-92-96(84,85)90-64-72(79)65-91-97(86,87)93-69-74(67-88-75(80)60-54-48-41-17-15-13-11-8-2)95-78(83)63-57-51-45-44-47-53-59-71(6)9-3/h70-74,79H,7-69H2,1-6H3,(H,84,85)(H,86,87)/t71?,72-,73-,74-/m1/s1. The van der Waals surface area contributed by atoms with Crippen LogP contribution in [-0.2, 0) is 65.4 Å². The molecule has 0 saturated heterocycles. The van der Waals surface area contributed by atoms with Crippen molar-refractivity contribution in [2.24, 2.45) is 11.8 Å². The zero-order chi connectivity index (χ0) is 71.4. The fourth-order valence-corrected chi connectivity index (χ4v) is 13.6. The molecule has 0 saturated carbocycles. The van der Waals surface area contributed by atoms with Gasteiger partial charge in [-0.2, -0.15) is 0 Å². The van der Waals surface area contributed by atoms with E-state index < -0.39 is 97.5 Å². The summed E-state index contributed by atoms with van der Waals surface area (Å²) < 4.78 is 68.5. The van der Waals surface area contributed by atoms with Gasteiger partial charge >= 0.3 is 39.5 Å². The van der Waals surface area contributed by atoms with E-state index in [2.05, 4.69) is 41.5 Å². The number of aliphatic hydroxyl groups excluding tert-OH is 1. The largest absolute Gasteiger partial charge is 0.472 e. The number of carbonyl (C=O) groups excluding carboxylic acids is 4. The van der Waals surface area contributed by atoms with Crippen LogP contribution in [0, 0.1) is 11.8 Å². The average molecular weight is 1420 g/mol. The highest BCUT2D eigenvalue weighted by molar-refractivity contribution is 7.47. The molecule has 19 heteroatoms. The molecule has 0 rings (SSSR count). The number of unbranched alkanes of at least 4 members (excludes halogenated alkanes) is 46. The number of phosphoric ester groups is 2. The molecule has 0 heterocycles. The molecule has 0 radical (unpaired) electrons. The van der Waals surface area contributed by atoms with Gasteiger partial charge in [0, 0.05) is 25.7 Å². The van der Waals surface area contributed by atoms with Crippen LogP contribution in [0.15, 0.2) is 0 Å². The summed E-state index contributed by atoms with van der Waals surface area (Å²) in [6, 6.07) is 0. The van der Waals surface area contributed by atoms with Crippen LogP contribution >= 0.6 is 15.6 Å². The van der Waals surface area contributed by atoms with E-state index in [1.54, 1.807) is 0 Å². The maximum atomic E-state index is 13.1. The number of aliphatic hydroxyl groups is 1. The van der Waals surface area contributed by atoms with E-state index in [0.717, 1.165) is 108 Å². The van der Waals surface area contributed by atoms with Crippen molar-refractivity contribution in [2.45, 2.75) is 426 Å². The van der Waals surface area contributed by atoms with Crippen LogP contribution in [0.4, 0.5) is 0 Å². The van der Waals surface area contributed by atoms with Gasteiger partial charge in [0.15, 0.2) is 12.2 Å². The minimum absolute atomic E-state index is 0.103. The maximum absolute atomic E-state index is 13.1. The first-order chi connectivity index (χ1) is 46.9. The van der Waals surface area contributed by atoms with Gasteiger partial charge < -0.3 is 33.8 Å². The van der Waals surface area contributed by atoms with Gasteiger partial charge in [0.2, 0.25) is 0 Å². The highest BCUT2D eigenvalue weighted by Gasteiger charge is 2.30. The highest BCUT2D eigenvalue weighted by Crippen LogP contribution is 2.45. The molecule has 0 fully saturated rings. The van der Waals surface area contributed by atoms with Crippen molar-refractivity contribution in [3.8, 4) is 0 Å². The minimum Gasteiger partial charge on any atom is -0.462 e. The van der Waals surface area contributed by atoms with Crippen molar-refractivity contribution in [3.05, 3.63) is 0 Å². The van der Waals surface area contributed by atoms with E-state index in [1.807, 2.05) is 0 Å². The maximum Gasteiger partial charge on any atom is 0.472 e. The molecule has 576 valence electrons. The van der Waals surface area contributed by atoms with Crippen molar-refractivity contribution >= 4 is 39.5 Å². The molecule has 0 aliphatic heterocycles. The van der Waals surface area contributed by atoms with Crippen molar-refractivity contribution < 1.29 is 80.2 Å². The van der Waals surface area contributed by atoms with E-state index in [1.165, 1.54) is 218 Å². The number of hydrogen-bond acceptors (Lipinski definition) is 15. The normalized spacial score (nSPS) is 14.2. The summed E-state index contributed by atoms with van der Waals surface area (Å²) in [6.45, 7) is 9.55. The molecule has 6 atom stereocenters. The topological polar surface area (TPSA) is 237 Å². The van der Waals surface area contributed by atoms with Crippen molar-refractivity contribution in [1.82, 2.24) is 0 Å². The predicted octanol–water partition coefficient (Wildman–Crippen LogP) is 23.1. The molecular formula is C78H152O17P2. The number of hydrogen-bond donors (Lipinski definition) is 3. The Labute approximate surface area is 594 Å². The van der Waals surface area contributed by atoms with Crippen molar-refractivity contribution in [1.29, 1.82) is 0 Å². The van der Waals surface area contributed by atoms with E-state index >= 15 is 0 Å². The Morgan fingerprint density at radius 1 is 0.299 bits per heavy atom. The number of phosphoric acid groups is 2. The Hall–Kier alpha value is -1.94. The van der Waals surface area contributed by atoms with Gasteiger partial charge in [-0.15, -0.1) is 0 Å². The molecular weight excluding hydrogens is 1270 g/mol. The zero-order valence-electron chi connectivity index (χ0n) is 63.4. The van der Waals surface area contributed by atoms with Crippen LogP contribution in [-0.4, -0.2) is 96.7 Å². The first-order valence-electron chi connectivity index (χ1n) is 40.5. The first kappa shape index (κ1) is 95.1. The molecule has 0 bridgehead atoms. The van der Waals surface area contributed by atoms with Crippen LogP contribution in [0.2, 0.25) is 0 Å². The molecule has 0 aliphatic rings. The van der Waals surface area contributed by atoms with E-state index in [4.69, 9.17) is 37.0 Å². The minimum atomic E-state index is -4.96. The Kier molecular flexibility index (Phi) is 68.4. The molecule has 3 N–H and O–H groups in total. The molecule has 0 aliphatic carbocycles. The quantitative estimate of drug-likeness (QED) is 0.0222. The fraction of sp³-hybridized carbons (Fsp3) is 0.949. The van der Waals surface area contributed by atoms with Crippen LogP contribution in [0.25, 0.3) is 0 Å². The third-order valence-corrected chi connectivity index (χ3v) is 20.5. The third-order valence-electron chi connectivity index (χ3n) is 18.6. The van der Waals surface area contributed by atoms with Crippen LogP contribution < -0.4 is 0 Å². The van der Waals surface area contributed by atoms with Gasteiger partial charge in [0.25, 0.3) is 0 Å². The third kappa shape index (κ3) is 70.9. The molecule has 97 heavy (non-hydrogen) atoms. The molecule has 3 unspecified atom stereocenters. The fourth-order valence-electron chi connectivity index (χ4n) is 12.0. The summed E-state index contributed by atoms with van der Waals surface area (Å²) in [6.07, 6.45) is 58.6. The predicted molar refractivity (Wildman–Crippen MR) is 395 cm³/mol. The summed E-state index contributed by atoms with van der Waals surface area (Å²) in [5, 5.41) is 10.6. The molecule has 17 nitrogen and oxygen atoms in total. The Bertz CT molecular complexity index is 1870. The number of esters is 4. The van der Waals surface area contributed by atoms with Gasteiger partial charge in [-0.1, -0.05) is 356 Å². The van der Waals surface area contributed by atoms with Gasteiger partial charge in [0.1, 0.15) is 19.3 Å². The van der Waals surface area contributed by atoms with E-state index in [-0.39, 0.29) is 25.7 Å². The SMILES string of the molecule is CCCCCCCCCCCCCCCCCCCCCCCC(=O)O[C@H](COC(=O)CCCCCCCCCCCCCCCCCC(C)C)COP(=O)(O)OC[C@@H](O)COP(=O)(O)OC[C@@H](COC(=O)CCCCCCCCCC)OC(=O)CCCCCCCCC(C)CC. The molecule has 0 spiro atoms. The number of carbonyl (C=O) groups is 4. The highest BCUT2D eigenvalue weighted by atomic mass is 31.2. The Balaban J connectivity index is 5.17. The van der Waals surface area contributed by atoms with Crippen molar-refractivity contribution in [2.75, 3.05) is 39.6 Å². The van der Waals surface area contributed by atoms with Gasteiger partial charge in [-0.05, 0) is 37.5 Å². The zero-order valence-corrected chi connectivity index (χ0v) is 65.2. The van der Waals surface area contributed by atoms with Gasteiger partial charge in [0.05, 0.1) is 26.4 Å². The lowest BCUT2D eigenvalue weighted by Crippen LogP contribution is -2.30.